The first kappa shape index (κ1) is 17.5. The molecule has 0 unspecified atom stereocenters. The number of hydrogen-bond acceptors (Lipinski definition) is 6. The van der Waals surface area contributed by atoms with Crippen LogP contribution in [0.3, 0.4) is 0 Å². The van der Waals surface area contributed by atoms with Crippen LogP contribution in [0.15, 0.2) is 4.42 Å². The van der Waals surface area contributed by atoms with Crippen molar-refractivity contribution < 1.29 is 37.0 Å². The van der Waals surface area contributed by atoms with Crippen LogP contribution in [-0.2, 0) is 15.1 Å². The van der Waals surface area contributed by atoms with Crippen LogP contribution in [0.1, 0.15) is 56.2 Å². The summed E-state index contributed by atoms with van der Waals surface area (Å²) in [6.45, 7) is 0.224. The van der Waals surface area contributed by atoms with E-state index < -0.39 is 29.7 Å². The Kier molecular flexibility index (Phi) is 3.92. The van der Waals surface area contributed by atoms with Crippen molar-refractivity contribution in [3.63, 3.8) is 0 Å². The lowest BCUT2D eigenvalue weighted by Crippen LogP contribution is -2.61. The van der Waals surface area contributed by atoms with Crippen LogP contribution in [0.2, 0.25) is 0 Å². The Labute approximate surface area is 146 Å². The number of carbonyl (C=O) groups is 1. The first-order valence-electron chi connectivity index (χ1n) is 8.42. The summed E-state index contributed by atoms with van der Waals surface area (Å²) in [6, 6.07) is 0. The van der Waals surface area contributed by atoms with Crippen molar-refractivity contribution in [3.8, 4) is 0 Å². The van der Waals surface area contributed by atoms with Crippen LogP contribution in [0.5, 0.6) is 0 Å². The summed E-state index contributed by atoms with van der Waals surface area (Å²) >= 11 is 0. The summed E-state index contributed by atoms with van der Waals surface area (Å²) in [7, 11) is 0. The number of nitrogens with zero attached hydrogens (tertiary/aromatic N) is 2. The normalized spacial score (nSPS) is 36.6. The van der Waals surface area contributed by atoms with E-state index >= 15 is 0 Å². The molecule has 2 bridgehead atoms. The Morgan fingerprint density at radius 2 is 1.92 bits per heavy atom. The largest absolute Gasteiger partial charge is 0.522 e. The molecular weight excluding hydrogens is 359 g/mol. The molecule has 2 aliphatic carbocycles. The van der Waals surface area contributed by atoms with E-state index in [1.165, 1.54) is 0 Å². The van der Waals surface area contributed by atoms with E-state index in [-0.39, 0.29) is 25.4 Å². The number of aromatic nitrogens is 2. The zero-order valence-electron chi connectivity index (χ0n) is 13.7. The van der Waals surface area contributed by atoms with Crippen molar-refractivity contribution in [1.82, 2.24) is 15.5 Å². The highest BCUT2D eigenvalue weighted by molar-refractivity contribution is 5.65. The van der Waals surface area contributed by atoms with Gasteiger partial charge in [-0.3, -0.25) is 4.74 Å². The lowest BCUT2D eigenvalue weighted by molar-refractivity contribution is -0.352. The van der Waals surface area contributed by atoms with Gasteiger partial charge < -0.3 is 19.6 Å². The van der Waals surface area contributed by atoms with Gasteiger partial charge in [-0.2, -0.15) is 0 Å². The third-order valence-electron chi connectivity index (χ3n) is 5.59. The number of rotatable bonds is 4. The summed E-state index contributed by atoms with van der Waals surface area (Å²) in [5, 5.41) is 19.5. The smallest absolute Gasteiger partial charge is 0.465 e. The fourth-order valence-corrected chi connectivity index (χ4v) is 4.00. The molecule has 4 aliphatic rings. The second-order valence-electron chi connectivity index (χ2n) is 7.29. The van der Waals surface area contributed by atoms with Gasteiger partial charge >= 0.3 is 12.5 Å². The lowest BCUT2D eigenvalue weighted by Gasteiger charge is -2.51. The fourth-order valence-electron chi connectivity index (χ4n) is 4.00. The Morgan fingerprint density at radius 1 is 1.23 bits per heavy atom. The second-order valence-corrected chi connectivity index (χ2v) is 7.29. The molecular formula is C15H18F3N3O5. The molecule has 4 fully saturated rings. The standard InChI is InChI=1S/C15H18F3N3O5/c16-15(17,18)26-9-5-8(6-9)10-20-21-11(25-10)14-3-1-13(2-4-14,7-24-14)19-12(22)23/h8-9,19H,1-7H2,(H,22,23)/t8-,9+,13?,14?. The summed E-state index contributed by atoms with van der Waals surface area (Å²) in [5.74, 6) is 0.363. The van der Waals surface area contributed by atoms with Gasteiger partial charge in [0.15, 0.2) is 0 Å². The van der Waals surface area contributed by atoms with E-state index in [9.17, 15) is 18.0 Å². The maximum atomic E-state index is 12.2. The minimum Gasteiger partial charge on any atom is -0.465 e. The van der Waals surface area contributed by atoms with Crippen molar-refractivity contribution in [2.75, 3.05) is 6.61 Å². The molecule has 0 atom stereocenters. The summed E-state index contributed by atoms with van der Waals surface area (Å²) in [5.41, 5.74) is -1.31. The molecule has 1 aromatic heterocycles. The van der Waals surface area contributed by atoms with Crippen molar-refractivity contribution in [1.29, 1.82) is 0 Å². The number of fused-ring (bicyclic) bond motifs is 3. The topological polar surface area (TPSA) is 107 Å². The van der Waals surface area contributed by atoms with Crippen LogP contribution in [-0.4, -0.2) is 46.0 Å². The van der Waals surface area contributed by atoms with E-state index in [1.807, 2.05) is 0 Å². The van der Waals surface area contributed by atoms with Crippen LogP contribution < -0.4 is 5.32 Å². The average molecular weight is 377 g/mol. The molecule has 2 N–H and O–H groups in total. The first-order chi connectivity index (χ1) is 12.2. The number of alkyl halides is 3. The summed E-state index contributed by atoms with van der Waals surface area (Å²) < 4.78 is 52.1. The highest BCUT2D eigenvalue weighted by Gasteiger charge is 2.54. The van der Waals surface area contributed by atoms with Crippen molar-refractivity contribution in [2.45, 2.75) is 68.0 Å². The monoisotopic (exact) mass is 377 g/mol. The Balaban J connectivity index is 1.39. The van der Waals surface area contributed by atoms with Crippen LogP contribution in [0, 0.1) is 0 Å². The van der Waals surface area contributed by atoms with E-state index in [0.717, 1.165) is 0 Å². The maximum Gasteiger partial charge on any atom is 0.522 e. The zero-order valence-corrected chi connectivity index (χ0v) is 13.7. The molecule has 11 heteroatoms. The third kappa shape index (κ3) is 3.13. The van der Waals surface area contributed by atoms with E-state index in [1.54, 1.807) is 0 Å². The number of carboxylic acid groups (broad SMARTS) is 1. The predicted octanol–water partition coefficient (Wildman–Crippen LogP) is 2.66. The van der Waals surface area contributed by atoms with Crippen LogP contribution in [0.4, 0.5) is 18.0 Å². The molecule has 0 radical (unpaired) electrons. The Bertz CT molecular complexity index is 676. The van der Waals surface area contributed by atoms with Gasteiger partial charge in [-0.15, -0.1) is 23.4 Å². The SMILES string of the molecule is O=C(O)NC12CCC(c3nnc([C@H]4C[C@@H](OC(F)(F)F)C4)o3)(CC1)OC2. The van der Waals surface area contributed by atoms with Gasteiger partial charge in [0.05, 0.1) is 18.2 Å². The summed E-state index contributed by atoms with van der Waals surface area (Å²) in [6.07, 6.45) is -3.95. The van der Waals surface area contributed by atoms with Gasteiger partial charge in [-0.05, 0) is 38.5 Å². The van der Waals surface area contributed by atoms with Crippen molar-refractivity contribution in [3.05, 3.63) is 11.8 Å². The van der Waals surface area contributed by atoms with Gasteiger partial charge in [0.1, 0.15) is 5.60 Å². The highest BCUT2D eigenvalue weighted by Crippen LogP contribution is 2.50. The molecule has 2 saturated heterocycles. The average Bonchev–Trinajstić information content (AvgIpc) is 3.00. The molecule has 1 aromatic rings. The lowest BCUT2D eigenvalue weighted by atomic mass is 9.71. The van der Waals surface area contributed by atoms with Crippen LogP contribution in [0.25, 0.3) is 0 Å². The van der Waals surface area contributed by atoms with E-state index in [0.29, 0.717) is 37.5 Å². The van der Waals surface area contributed by atoms with Crippen LogP contribution >= 0.6 is 0 Å². The molecule has 0 spiro atoms. The van der Waals surface area contributed by atoms with Gasteiger partial charge in [-0.25, -0.2) is 4.79 Å². The summed E-state index contributed by atoms with van der Waals surface area (Å²) in [4.78, 5) is 10.9. The fraction of sp³-hybridized carbons (Fsp3) is 0.800. The van der Waals surface area contributed by atoms with Gasteiger partial charge in [-0.1, -0.05) is 0 Å². The Hall–Kier alpha value is -1.88. The molecule has 1 amide bonds. The van der Waals surface area contributed by atoms with Gasteiger partial charge in [0.25, 0.3) is 0 Å². The number of hydrogen-bond donors (Lipinski definition) is 2. The quantitative estimate of drug-likeness (QED) is 0.831. The molecule has 8 nitrogen and oxygen atoms in total. The highest BCUT2D eigenvalue weighted by atomic mass is 19.4. The molecule has 2 aliphatic heterocycles. The molecule has 144 valence electrons. The Morgan fingerprint density at radius 3 is 2.46 bits per heavy atom. The van der Waals surface area contributed by atoms with E-state index in [4.69, 9.17) is 14.3 Å². The number of ether oxygens (including phenoxy) is 2. The third-order valence-corrected chi connectivity index (χ3v) is 5.59. The minimum atomic E-state index is -4.64. The molecule has 5 rings (SSSR count). The molecule has 26 heavy (non-hydrogen) atoms. The number of halogens is 3. The van der Waals surface area contributed by atoms with Gasteiger partial charge in [0.2, 0.25) is 11.8 Å². The number of amides is 1. The second kappa shape index (κ2) is 5.81. The molecule has 2 saturated carbocycles. The predicted molar refractivity (Wildman–Crippen MR) is 77.2 cm³/mol. The first-order valence-corrected chi connectivity index (χ1v) is 8.42. The number of nitrogens with one attached hydrogen (secondary N) is 1. The van der Waals surface area contributed by atoms with Crippen molar-refractivity contribution in [2.24, 2.45) is 0 Å². The van der Waals surface area contributed by atoms with Gasteiger partial charge in [0, 0.05) is 5.92 Å². The molecule has 3 heterocycles. The maximum absolute atomic E-state index is 12.2. The zero-order chi connectivity index (χ0) is 18.6. The minimum absolute atomic E-state index is 0.181. The van der Waals surface area contributed by atoms with Crippen molar-refractivity contribution >= 4 is 6.09 Å². The molecule has 0 aromatic carbocycles. The van der Waals surface area contributed by atoms with E-state index in [2.05, 4.69) is 20.3 Å².